The van der Waals surface area contributed by atoms with Crippen molar-refractivity contribution in [2.45, 2.75) is 31.3 Å². The molecule has 2 aromatic rings. The van der Waals surface area contributed by atoms with Crippen molar-refractivity contribution in [3.63, 3.8) is 0 Å². The molecule has 1 aliphatic carbocycles. The van der Waals surface area contributed by atoms with E-state index in [1.54, 1.807) is 0 Å². The van der Waals surface area contributed by atoms with Gasteiger partial charge in [0.15, 0.2) is 0 Å². The van der Waals surface area contributed by atoms with Gasteiger partial charge in [-0.1, -0.05) is 36.4 Å². The minimum Gasteiger partial charge on any atom is -0.385 e. The zero-order chi connectivity index (χ0) is 12.6. The van der Waals surface area contributed by atoms with Crippen LogP contribution in [-0.4, -0.2) is 10.9 Å². The van der Waals surface area contributed by atoms with Crippen LogP contribution in [0.3, 0.4) is 0 Å². The van der Waals surface area contributed by atoms with Crippen LogP contribution in [0.25, 0.3) is 10.8 Å². The Morgan fingerprint density at radius 1 is 1.06 bits per heavy atom. The molecule has 0 aliphatic heterocycles. The van der Waals surface area contributed by atoms with E-state index in [2.05, 4.69) is 6.07 Å². The third-order valence-electron chi connectivity index (χ3n) is 3.82. The normalized spacial score (nSPS) is 24.4. The fourth-order valence-electron chi connectivity index (χ4n) is 2.81. The van der Waals surface area contributed by atoms with E-state index in [-0.39, 0.29) is 12.2 Å². The highest BCUT2D eigenvalue weighted by Crippen LogP contribution is 2.36. The van der Waals surface area contributed by atoms with Gasteiger partial charge in [0.2, 0.25) is 0 Å². The molecule has 0 aromatic heterocycles. The number of fused-ring (bicyclic) bond motifs is 1. The van der Waals surface area contributed by atoms with Gasteiger partial charge in [0.05, 0.1) is 5.60 Å². The molecule has 0 spiro atoms. The minimum absolute atomic E-state index is 0.164. The average molecular weight is 240 g/mol. The Labute approximate surface area is 106 Å². The highest BCUT2D eigenvalue weighted by Gasteiger charge is 2.35. The summed E-state index contributed by atoms with van der Waals surface area (Å²) in [5.41, 5.74) is -0.0893. The number of rotatable bonds is 1. The predicted octanol–water partition coefficient (Wildman–Crippen LogP) is 3.17. The van der Waals surface area contributed by atoms with E-state index < -0.39 is 5.60 Å². The topological polar surface area (TPSA) is 37.3 Å². The van der Waals surface area contributed by atoms with Gasteiger partial charge in [-0.15, -0.1) is 0 Å². The van der Waals surface area contributed by atoms with Gasteiger partial charge in [0.1, 0.15) is 5.78 Å². The molecule has 0 saturated heterocycles. The number of carbonyl (C=O) groups excluding carboxylic acids is 1. The first kappa shape index (κ1) is 11.4. The number of hydrogen-bond acceptors (Lipinski definition) is 2. The van der Waals surface area contributed by atoms with Gasteiger partial charge in [-0.3, -0.25) is 4.79 Å². The van der Waals surface area contributed by atoms with Gasteiger partial charge >= 0.3 is 0 Å². The van der Waals surface area contributed by atoms with Crippen LogP contribution >= 0.6 is 0 Å². The first-order valence-corrected chi connectivity index (χ1v) is 6.41. The Morgan fingerprint density at radius 3 is 2.61 bits per heavy atom. The van der Waals surface area contributed by atoms with Crippen molar-refractivity contribution >= 4 is 16.6 Å². The second-order valence-corrected chi connectivity index (χ2v) is 5.16. The first-order valence-electron chi connectivity index (χ1n) is 6.41. The van der Waals surface area contributed by atoms with Crippen molar-refractivity contribution < 1.29 is 9.90 Å². The largest absolute Gasteiger partial charge is 0.385 e. The summed E-state index contributed by atoms with van der Waals surface area (Å²) in [6.07, 6.45) is 2.32. The molecule has 1 N–H and O–H groups in total. The molecule has 1 saturated carbocycles. The van der Waals surface area contributed by atoms with Crippen LogP contribution in [0.5, 0.6) is 0 Å². The Balaban J connectivity index is 2.05. The van der Waals surface area contributed by atoms with Crippen LogP contribution in [0.4, 0.5) is 0 Å². The molecule has 0 bridgehead atoms. The molecule has 92 valence electrons. The minimum atomic E-state index is -0.959. The van der Waals surface area contributed by atoms with Crippen LogP contribution in [0.15, 0.2) is 42.5 Å². The van der Waals surface area contributed by atoms with Crippen LogP contribution in [0.2, 0.25) is 0 Å². The molecule has 0 unspecified atom stereocenters. The molecule has 0 heterocycles. The Hall–Kier alpha value is -1.67. The summed E-state index contributed by atoms with van der Waals surface area (Å²) in [5, 5.41) is 12.9. The van der Waals surface area contributed by atoms with Gasteiger partial charge in [-0.05, 0) is 35.2 Å². The van der Waals surface area contributed by atoms with Crippen LogP contribution < -0.4 is 0 Å². The Kier molecular flexibility index (Phi) is 2.67. The van der Waals surface area contributed by atoms with E-state index in [0.29, 0.717) is 12.8 Å². The maximum Gasteiger partial charge on any atom is 0.136 e. The van der Waals surface area contributed by atoms with Crippen molar-refractivity contribution in [2.75, 3.05) is 0 Å². The highest BCUT2D eigenvalue weighted by atomic mass is 16.3. The van der Waals surface area contributed by atoms with Crippen LogP contribution in [0, 0.1) is 0 Å². The second-order valence-electron chi connectivity index (χ2n) is 5.16. The van der Waals surface area contributed by atoms with Gasteiger partial charge in [0, 0.05) is 12.8 Å². The highest BCUT2D eigenvalue weighted by molar-refractivity contribution is 5.84. The molecule has 3 rings (SSSR count). The summed E-state index contributed by atoms with van der Waals surface area (Å²) in [6.45, 7) is 0. The molecular weight excluding hydrogens is 224 g/mol. The van der Waals surface area contributed by atoms with E-state index in [1.165, 1.54) is 0 Å². The van der Waals surface area contributed by atoms with E-state index in [4.69, 9.17) is 0 Å². The smallest absolute Gasteiger partial charge is 0.136 e. The van der Waals surface area contributed by atoms with Crippen molar-refractivity contribution in [2.24, 2.45) is 0 Å². The zero-order valence-corrected chi connectivity index (χ0v) is 10.2. The quantitative estimate of drug-likeness (QED) is 0.831. The first-order chi connectivity index (χ1) is 8.67. The summed E-state index contributed by atoms with van der Waals surface area (Å²) in [5.74, 6) is 0.164. The number of aliphatic hydroxyl groups is 1. The van der Waals surface area contributed by atoms with E-state index >= 15 is 0 Å². The Morgan fingerprint density at radius 2 is 1.83 bits per heavy atom. The SMILES string of the molecule is O=C1CCC[C@](O)(c2ccc3ccccc3c2)C1. The molecule has 1 aliphatic rings. The Bertz CT molecular complexity index is 603. The molecule has 2 nitrogen and oxygen atoms in total. The lowest BCUT2D eigenvalue weighted by molar-refractivity contribution is -0.128. The molecule has 1 atom stereocenters. The van der Waals surface area contributed by atoms with Gasteiger partial charge in [0.25, 0.3) is 0 Å². The second kappa shape index (κ2) is 4.21. The lowest BCUT2D eigenvalue weighted by Gasteiger charge is -2.31. The summed E-state index contributed by atoms with van der Waals surface area (Å²) >= 11 is 0. The third-order valence-corrected chi connectivity index (χ3v) is 3.82. The van der Waals surface area contributed by atoms with Gasteiger partial charge in [-0.25, -0.2) is 0 Å². The molecule has 2 aromatic carbocycles. The van der Waals surface area contributed by atoms with E-state index in [9.17, 15) is 9.90 Å². The summed E-state index contributed by atoms with van der Waals surface area (Å²) in [4.78, 5) is 11.6. The maximum absolute atomic E-state index is 11.6. The number of benzene rings is 2. The number of Topliss-reactive ketones (excluding diaryl/α,β-unsaturated/α-hetero) is 1. The van der Waals surface area contributed by atoms with Gasteiger partial charge < -0.3 is 5.11 Å². The van der Waals surface area contributed by atoms with E-state index in [1.807, 2.05) is 36.4 Å². The van der Waals surface area contributed by atoms with Crippen molar-refractivity contribution in [1.29, 1.82) is 0 Å². The van der Waals surface area contributed by atoms with Crippen LogP contribution in [-0.2, 0) is 10.4 Å². The van der Waals surface area contributed by atoms with Gasteiger partial charge in [-0.2, -0.15) is 0 Å². The molecular formula is C16H16O2. The average Bonchev–Trinajstić information content (AvgIpc) is 2.38. The van der Waals surface area contributed by atoms with E-state index in [0.717, 1.165) is 22.8 Å². The molecule has 0 radical (unpaired) electrons. The fourth-order valence-corrected chi connectivity index (χ4v) is 2.81. The van der Waals surface area contributed by atoms with Crippen molar-refractivity contribution in [3.05, 3.63) is 48.0 Å². The lowest BCUT2D eigenvalue weighted by Crippen LogP contribution is -2.32. The molecule has 2 heteroatoms. The lowest BCUT2D eigenvalue weighted by atomic mass is 9.78. The summed E-state index contributed by atoms with van der Waals surface area (Å²) < 4.78 is 0. The van der Waals surface area contributed by atoms with Crippen LogP contribution in [0.1, 0.15) is 31.2 Å². The molecule has 1 fully saturated rings. The predicted molar refractivity (Wildman–Crippen MR) is 71.3 cm³/mol. The summed E-state index contributed by atoms with van der Waals surface area (Å²) in [6, 6.07) is 14.0. The third kappa shape index (κ3) is 1.93. The number of hydrogen-bond donors (Lipinski definition) is 1. The maximum atomic E-state index is 11.6. The zero-order valence-electron chi connectivity index (χ0n) is 10.2. The molecule has 18 heavy (non-hydrogen) atoms. The number of ketones is 1. The standard InChI is InChI=1S/C16H16O2/c17-15-6-3-9-16(18,11-15)14-8-7-12-4-1-2-5-13(12)10-14/h1-2,4-5,7-8,10,18H,3,6,9,11H2/t16-/m1/s1. The monoisotopic (exact) mass is 240 g/mol. The van der Waals surface area contributed by atoms with Crippen molar-refractivity contribution in [1.82, 2.24) is 0 Å². The molecule has 0 amide bonds. The van der Waals surface area contributed by atoms with Crippen molar-refractivity contribution in [3.8, 4) is 0 Å². The fraction of sp³-hybridized carbons (Fsp3) is 0.312. The number of carbonyl (C=O) groups is 1. The summed E-state index contributed by atoms with van der Waals surface area (Å²) in [7, 11) is 0.